The number of hydrogen-bond donors (Lipinski definition) is 3. The molecule has 314 valence electrons. The number of allylic oxidation sites excluding steroid dienone is 6. The van der Waals surface area contributed by atoms with E-state index in [1.165, 1.54) is 64.2 Å². The van der Waals surface area contributed by atoms with E-state index in [2.05, 4.69) is 54.8 Å². The van der Waals surface area contributed by atoms with Crippen molar-refractivity contribution >= 4 is 25.7 Å². The first-order valence-electron chi connectivity index (χ1n) is 21.0. The monoisotopic (exact) mass is 786 g/mol. The molecule has 3 unspecified atom stereocenters. The van der Waals surface area contributed by atoms with Crippen LogP contribution in [0.2, 0.25) is 0 Å². The fraction of sp³-hybridized carbons (Fsp3) is 0.786. The molecule has 11 nitrogen and oxygen atoms in total. The first-order valence-corrected chi connectivity index (χ1v) is 22.5. The SMILES string of the molecule is CCCCC/C=C\C/C=C\CCCCCCCCCC(=O)OC(COC(=O)CCCCCCC/C=C\CCCCCC)COP(=O)(O)OCC(N)C(=O)O. The fourth-order valence-electron chi connectivity index (χ4n) is 5.50. The Bertz CT molecular complexity index is 1060. The molecule has 0 aliphatic carbocycles. The Morgan fingerprint density at radius 1 is 0.574 bits per heavy atom. The molecule has 0 rings (SSSR count). The number of phosphoric ester groups is 1. The molecule has 0 aliphatic rings. The van der Waals surface area contributed by atoms with Crippen LogP contribution in [0.4, 0.5) is 0 Å². The highest BCUT2D eigenvalue weighted by Gasteiger charge is 2.28. The molecule has 0 amide bonds. The highest BCUT2D eigenvalue weighted by molar-refractivity contribution is 7.47. The van der Waals surface area contributed by atoms with Gasteiger partial charge in [0.05, 0.1) is 13.2 Å². The molecule has 0 radical (unpaired) electrons. The molecular weight excluding hydrogens is 709 g/mol. The van der Waals surface area contributed by atoms with Crippen molar-refractivity contribution in [3.63, 3.8) is 0 Å². The van der Waals surface area contributed by atoms with Gasteiger partial charge in [0.2, 0.25) is 0 Å². The molecular formula is C42H76NO10P. The van der Waals surface area contributed by atoms with E-state index in [-0.39, 0.29) is 19.4 Å². The van der Waals surface area contributed by atoms with Crippen molar-refractivity contribution in [1.29, 1.82) is 0 Å². The topological polar surface area (TPSA) is 172 Å². The van der Waals surface area contributed by atoms with E-state index in [1.54, 1.807) is 0 Å². The summed E-state index contributed by atoms with van der Waals surface area (Å²) in [6, 6.07) is -1.52. The van der Waals surface area contributed by atoms with Gasteiger partial charge in [-0.3, -0.25) is 23.4 Å². The summed E-state index contributed by atoms with van der Waals surface area (Å²) >= 11 is 0. The van der Waals surface area contributed by atoms with Crippen molar-refractivity contribution < 1.29 is 47.5 Å². The van der Waals surface area contributed by atoms with Crippen LogP contribution in [0.25, 0.3) is 0 Å². The molecule has 3 atom stereocenters. The van der Waals surface area contributed by atoms with Gasteiger partial charge >= 0.3 is 25.7 Å². The van der Waals surface area contributed by atoms with E-state index < -0.39 is 51.1 Å². The summed E-state index contributed by atoms with van der Waals surface area (Å²) < 4.78 is 32.6. The van der Waals surface area contributed by atoms with E-state index >= 15 is 0 Å². The Kier molecular flexibility index (Phi) is 36.0. The van der Waals surface area contributed by atoms with Gasteiger partial charge in [-0.2, -0.15) is 0 Å². The minimum Gasteiger partial charge on any atom is -0.480 e. The predicted octanol–water partition coefficient (Wildman–Crippen LogP) is 10.8. The molecule has 0 saturated heterocycles. The number of hydrogen-bond acceptors (Lipinski definition) is 9. The molecule has 0 saturated carbocycles. The number of esters is 2. The van der Waals surface area contributed by atoms with Crippen molar-refractivity contribution in [3.05, 3.63) is 36.5 Å². The Hall–Kier alpha value is -2.30. The van der Waals surface area contributed by atoms with Crippen LogP contribution in [0.5, 0.6) is 0 Å². The van der Waals surface area contributed by atoms with Crippen molar-refractivity contribution in [2.75, 3.05) is 19.8 Å². The van der Waals surface area contributed by atoms with Gasteiger partial charge in [-0.05, 0) is 70.6 Å². The van der Waals surface area contributed by atoms with Crippen molar-refractivity contribution in [2.45, 2.75) is 193 Å². The van der Waals surface area contributed by atoms with Crippen LogP contribution in [0.3, 0.4) is 0 Å². The van der Waals surface area contributed by atoms with Crippen LogP contribution in [-0.4, -0.2) is 59.9 Å². The van der Waals surface area contributed by atoms with Gasteiger partial charge in [0.1, 0.15) is 12.6 Å². The molecule has 0 heterocycles. The van der Waals surface area contributed by atoms with Crippen LogP contribution in [0, 0.1) is 0 Å². The fourth-order valence-corrected chi connectivity index (χ4v) is 6.28. The highest BCUT2D eigenvalue weighted by Crippen LogP contribution is 2.43. The molecule has 12 heteroatoms. The Balaban J connectivity index is 4.41. The van der Waals surface area contributed by atoms with Gasteiger partial charge in [0, 0.05) is 12.8 Å². The summed E-state index contributed by atoms with van der Waals surface area (Å²) in [6.45, 7) is 2.74. The van der Waals surface area contributed by atoms with Crippen molar-refractivity contribution in [3.8, 4) is 0 Å². The van der Waals surface area contributed by atoms with Gasteiger partial charge < -0.3 is 25.2 Å². The number of nitrogens with two attached hydrogens (primary N) is 1. The Morgan fingerprint density at radius 2 is 0.981 bits per heavy atom. The lowest BCUT2D eigenvalue weighted by molar-refractivity contribution is -0.161. The summed E-state index contributed by atoms with van der Waals surface area (Å²) in [6.07, 6.45) is 39.2. The number of carboxylic acid groups (broad SMARTS) is 1. The highest BCUT2D eigenvalue weighted by atomic mass is 31.2. The zero-order valence-corrected chi connectivity index (χ0v) is 34.7. The molecule has 0 aromatic carbocycles. The third kappa shape index (κ3) is 36.7. The van der Waals surface area contributed by atoms with Gasteiger partial charge in [-0.1, -0.05) is 134 Å². The zero-order chi connectivity index (χ0) is 40.0. The van der Waals surface area contributed by atoms with E-state index in [0.717, 1.165) is 77.0 Å². The van der Waals surface area contributed by atoms with Crippen LogP contribution < -0.4 is 5.73 Å². The van der Waals surface area contributed by atoms with Crippen LogP contribution in [0.15, 0.2) is 36.5 Å². The number of carboxylic acids is 1. The van der Waals surface area contributed by atoms with E-state index in [1.807, 2.05) is 0 Å². The first kappa shape index (κ1) is 51.7. The van der Waals surface area contributed by atoms with E-state index in [9.17, 15) is 23.8 Å². The normalized spacial score (nSPS) is 14.1. The quantitative estimate of drug-likeness (QED) is 0.0234. The maximum absolute atomic E-state index is 12.6. The number of ether oxygens (including phenoxy) is 2. The molecule has 0 aromatic heterocycles. The van der Waals surface area contributed by atoms with Crippen LogP contribution in [-0.2, 0) is 37.5 Å². The second kappa shape index (κ2) is 37.6. The molecule has 0 spiro atoms. The number of carbonyl (C=O) groups is 3. The molecule has 54 heavy (non-hydrogen) atoms. The van der Waals surface area contributed by atoms with Crippen molar-refractivity contribution in [1.82, 2.24) is 0 Å². The van der Waals surface area contributed by atoms with Crippen molar-refractivity contribution in [2.24, 2.45) is 5.73 Å². The maximum Gasteiger partial charge on any atom is 0.472 e. The summed E-state index contributed by atoms with van der Waals surface area (Å²) in [5.41, 5.74) is 5.32. The maximum atomic E-state index is 12.6. The number of carbonyl (C=O) groups excluding carboxylic acids is 2. The second-order valence-electron chi connectivity index (χ2n) is 14.1. The van der Waals surface area contributed by atoms with Gasteiger partial charge in [-0.25, -0.2) is 4.57 Å². The molecule has 0 aromatic rings. The Labute approximate surface area is 327 Å². The lowest BCUT2D eigenvalue weighted by Gasteiger charge is -2.20. The predicted molar refractivity (Wildman–Crippen MR) is 217 cm³/mol. The molecule has 4 N–H and O–H groups in total. The van der Waals surface area contributed by atoms with Crippen LogP contribution in [0.1, 0.15) is 181 Å². The van der Waals surface area contributed by atoms with Gasteiger partial charge in [-0.15, -0.1) is 0 Å². The van der Waals surface area contributed by atoms with Gasteiger partial charge in [0.15, 0.2) is 6.10 Å². The third-order valence-electron chi connectivity index (χ3n) is 8.86. The smallest absolute Gasteiger partial charge is 0.472 e. The van der Waals surface area contributed by atoms with Crippen LogP contribution >= 0.6 is 7.82 Å². The standard InChI is InChI=1S/C42H76NO10P/c1-3-5-7-9-11-13-15-17-18-19-20-22-24-26-28-30-32-34-41(45)53-38(36-51-54(48,49)52-37-39(43)42(46)47)35-50-40(44)33-31-29-27-25-23-21-16-14-12-10-8-6-4-2/h11,13-14,16-18,38-39H,3-10,12,15,19-37,43H2,1-2H3,(H,46,47)(H,48,49)/b13-11-,16-14-,18-17-. The number of rotatable bonds is 39. The lowest BCUT2D eigenvalue weighted by atomic mass is 10.1. The zero-order valence-electron chi connectivity index (χ0n) is 33.8. The minimum atomic E-state index is -4.72. The van der Waals surface area contributed by atoms with Gasteiger partial charge in [0.25, 0.3) is 0 Å². The molecule has 0 aliphatic heterocycles. The average Bonchev–Trinajstić information content (AvgIpc) is 3.14. The Morgan fingerprint density at radius 3 is 1.50 bits per heavy atom. The summed E-state index contributed by atoms with van der Waals surface area (Å²) in [7, 11) is -4.72. The first-order chi connectivity index (χ1) is 26.1. The number of aliphatic carboxylic acids is 1. The number of unbranched alkanes of at least 4 members (excludes halogenated alkanes) is 19. The largest absolute Gasteiger partial charge is 0.480 e. The third-order valence-corrected chi connectivity index (χ3v) is 9.81. The summed E-state index contributed by atoms with van der Waals surface area (Å²) in [4.78, 5) is 45.9. The summed E-state index contributed by atoms with van der Waals surface area (Å²) in [5.74, 6) is -2.40. The minimum absolute atomic E-state index is 0.151. The summed E-state index contributed by atoms with van der Waals surface area (Å²) in [5, 5.41) is 8.88. The lowest BCUT2D eigenvalue weighted by Crippen LogP contribution is -2.34. The van der Waals surface area contributed by atoms with E-state index in [4.69, 9.17) is 24.8 Å². The second-order valence-corrected chi connectivity index (χ2v) is 15.6. The average molecular weight is 786 g/mol. The number of phosphoric acid groups is 1. The molecule has 0 fully saturated rings. The van der Waals surface area contributed by atoms with E-state index in [0.29, 0.717) is 12.8 Å². The molecule has 0 bridgehead atoms.